The summed E-state index contributed by atoms with van der Waals surface area (Å²) >= 11 is 5.81. The Kier molecular flexibility index (Phi) is 4.31. The van der Waals surface area contributed by atoms with Gasteiger partial charge in [-0.05, 0) is 18.2 Å². The number of hydrogen-bond acceptors (Lipinski definition) is 4. The molecule has 0 aromatic heterocycles. The van der Waals surface area contributed by atoms with Gasteiger partial charge in [0, 0.05) is 12.5 Å². The third-order valence-corrected chi connectivity index (χ3v) is 2.19. The topological polar surface area (TPSA) is 52.6 Å². The highest BCUT2D eigenvalue weighted by Gasteiger charge is 2.10. The second kappa shape index (κ2) is 5.51. The predicted octanol–water partition coefficient (Wildman–Crippen LogP) is 2.09. The van der Waals surface area contributed by atoms with Crippen LogP contribution in [0.1, 0.15) is 17.3 Å². The van der Waals surface area contributed by atoms with Crippen LogP contribution in [0.5, 0.6) is 5.75 Å². The van der Waals surface area contributed by atoms with Crippen LogP contribution in [0.3, 0.4) is 0 Å². The average Bonchev–Trinajstić information content (AvgIpc) is 2.26. The Balaban J connectivity index is 2.80. The molecule has 1 aromatic carbocycles. The molecule has 0 aliphatic heterocycles. The van der Waals surface area contributed by atoms with Crippen LogP contribution in [0.2, 0.25) is 5.02 Å². The van der Waals surface area contributed by atoms with Gasteiger partial charge in [-0.15, -0.1) is 0 Å². The van der Waals surface area contributed by atoms with Crippen LogP contribution < -0.4 is 4.74 Å². The summed E-state index contributed by atoms with van der Waals surface area (Å²) in [4.78, 5) is 22.1. The van der Waals surface area contributed by atoms with Crippen molar-refractivity contribution in [2.24, 2.45) is 0 Å². The van der Waals surface area contributed by atoms with Crippen LogP contribution >= 0.6 is 11.6 Å². The first-order chi connectivity index (χ1) is 7.54. The van der Waals surface area contributed by atoms with Gasteiger partial charge in [-0.3, -0.25) is 9.59 Å². The molecular weight excluding hydrogens is 232 g/mol. The van der Waals surface area contributed by atoms with Crippen LogP contribution in [0.15, 0.2) is 18.2 Å². The van der Waals surface area contributed by atoms with E-state index in [0.29, 0.717) is 16.3 Å². The summed E-state index contributed by atoms with van der Waals surface area (Å²) in [7, 11) is 1.46. The molecule has 0 heterocycles. The molecule has 0 aliphatic carbocycles. The number of ketones is 1. The van der Waals surface area contributed by atoms with E-state index in [9.17, 15) is 9.59 Å². The number of ether oxygens (including phenoxy) is 2. The van der Waals surface area contributed by atoms with Crippen molar-refractivity contribution in [3.05, 3.63) is 28.8 Å². The number of carbonyl (C=O) groups excluding carboxylic acids is 2. The van der Waals surface area contributed by atoms with Crippen LogP contribution in [-0.4, -0.2) is 25.5 Å². The van der Waals surface area contributed by atoms with Gasteiger partial charge in [0.1, 0.15) is 5.75 Å². The maximum Gasteiger partial charge on any atom is 0.303 e. The number of carbonyl (C=O) groups is 2. The number of methoxy groups -OCH3 is 1. The molecule has 4 nitrogen and oxygen atoms in total. The second-order valence-electron chi connectivity index (χ2n) is 3.05. The van der Waals surface area contributed by atoms with E-state index in [4.69, 9.17) is 16.3 Å². The van der Waals surface area contributed by atoms with Crippen molar-refractivity contribution >= 4 is 23.4 Å². The molecule has 0 spiro atoms. The molecule has 16 heavy (non-hydrogen) atoms. The van der Waals surface area contributed by atoms with E-state index in [2.05, 4.69) is 4.74 Å². The van der Waals surface area contributed by atoms with Crippen molar-refractivity contribution in [3.8, 4) is 5.75 Å². The molecule has 0 atom stereocenters. The van der Waals surface area contributed by atoms with Gasteiger partial charge in [0.2, 0.25) is 0 Å². The van der Waals surface area contributed by atoms with Crippen molar-refractivity contribution in [2.45, 2.75) is 6.92 Å². The van der Waals surface area contributed by atoms with Gasteiger partial charge in [0.05, 0.1) is 12.1 Å². The number of benzene rings is 1. The molecule has 1 rings (SSSR count). The van der Waals surface area contributed by atoms with Gasteiger partial charge >= 0.3 is 5.97 Å². The maximum atomic E-state index is 11.6. The Bertz CT molecular complexity index is 414. The third kappa shape index (κ3) is 3.24. The van der Waals surface area contributed by atoms with E-state index < -0.39 is 5.97 Å². The summed E-state index contributed by atoms with van der Waals surface area (Å²) < 4.78 is 9.57. The highest BCUT2D eigenvalue weighted by molar-refractivity contribution is 6.32. The fraction of sp³-hybridized carbons (Fsp3) is 0.273. The fourth-order valence-corrected chi connectivity index (χ4v) is 1.28. The molecule has 0 fully saturated rings. The number of rotatable bonds is 4. The van der Waals surface area contributed by atoms with Gasteiger partial charge in [0.25, 0.3) is 0 Å². The minimum absolute atomic E-state index is 0.278. The van der Waals surface area contributed by atoms with Crippen molar-refractivity contribution in [1.29, 1.82) is 0 Å². The van der Waals surface area contributed by atoms with E-state index in [-0.39, 0.29) is 12.4 Å². The largest absolute Gasteiger partial charge is 0.495 e. The molecular formula is C11H11ClO4. The monoisotopic (exact) mass is 242 g/mol. The maximum absolute atomic E-state index is 11.6. The summed E-state index contributed by atoms with van der Waals surface area (Å²) in [5.74, 6) is -0.380. The van der Waals surface area contributed by atoms with E-state index in [1.54, 1.807) is 12.1 Å². The molecule has 0 unspecified atom stereocenters. The van der Waals surface area contributed by atoms with Gasteiger partial charge in [0.15, 0.2) is 12.4 Å². The first-order valence-electron chi connectivity index (χ1n) is 4.54. The van der Waals surface area contributed by atoms with Gasteiger partial charge in [-0.2, -0.15) is 0 Å². The molecule has 0 amide bonds. The lowest BCUT2D eigenvalue weighted by Crippen LogP contribution is -2.11. The van der Waals surface area contributed by atoms with Crippen molar-refractivity contribution in [1.82, 2.24) is 0 Å². The standard InChI is InChI=1S/C11H11ClO4/c1-7(13)16-6-10(14)8-3-4-9(12)11(5-8)15-2/h3-5H,6H2,1-2H3. The highest BCUT2D eigenvalue weighted by Crippen LogP contribution is 2.25. The number of Topliss-reactive ketones (excluding diaryl/α,β-unsaturated/α-hetero) is 1. The normalized spacial score (nSPS) is 9.69. The molecule has 1 aromatic rings. The molecule has 5 heteroatoms. The summed E-state index contributed by atoms with van der Waals surface area (Å²) in [5, 5.41) is 0.423. The van der Waals surface area contributed by atoms with Crippen molar-refractivity contribution < 1.29 is 19.1 Å². The van der Waals surface area contributed by atoms with Crippen LogP contribution in [0.4, 0.5) is 0 Å². The van der Waals surface area contributed by atoms with E-state index in [1.165, 1.54) is 20.1 Å². The zero-order chi connectivity index (χ0) is 12.1. The minimum Gasteiger partial charge on any atom is -0.495 e. The molecule has 0 aliphatic rings. The Morgan fingerprint density at radius 1 is 1.38 bits per heavy atom. The van der Waals surface area contributed by atoms with Crippen molar-refractivity contribution in [2.75, 3.05) is 13.7 Å². The zero-order valence-electron chi connectivity index (χ0n) is 8.95. The number of hydrogen-bond donors (Lipinski definition) is 0. The summed E-state index contributed by atoms with van der Waals surface area (Å²) in [6.07, 6.45) is 0. The summed E-state index contributed by atoms with van der Waals surface area (Å²) in [6.45, 7) is 0.968. The first kappa shape index (κ1) is 12.5. The lowest BCUT2D eigenvalue weighted by Gasteiger charge is -2.05. The van der Waals surface area contributed by atoms with Gasteiger partial charge in [-0.1, -0.05) is 11.6 Å². The predicted molar refractivity (Wildman–Crippen MR) is 59.0 cm³/mol. The highest BCUT2D eigenvalue weighted by atomic mass is 35.5. The minimum atomic E-state index is -0.491. The molecule has 0 N–H and O–H groups in total. The molecule has 0 bridgehead atoms. The van der Waals surface area contributed by atoms with Gasteiger partial charge in [-0.25, -0.2) is 0 Å². The average molecular weight is 243 g/mol. The van der Waals surface area contributed by atoms with E-state index in [0.717, 1.165) is 0 Å². The first-order valence-corrected chi connectivity index (χ1v) is 4.92. The van der Waals surface area contributed by atoms with Crippen LogP contribution in [0, 0.1) is 0 Å². The Morgan fingerprint density at radius 2 is 2.06 bits per heavy atom. The SMILES string of the molecule is COc1cc(C(=O)COC(C)=O)ccc1Cl. The molecule has 86 valence electrons. The van der Waals surface area contributed by atoms with E-state index >= 15 is 0 Å². The molecule has 0 saturated heterocycles. The third-order valence-electron chi connectivity index (χ3n) is 1.88. The zero-order valence-corrected chi connectivity index (χ0v) is 9.71. The Labute approximate surface area is 98.1 Å². The smallest absolute Gasteiger partial charge is 0.303 e. The fourth-order valence-electron chi connectivity index (χ4n) is 1.08. The van der Waals surface area contributed by atoms with Crippen LogP contribution in [-0.2, 0) is 9.53 Å². The summed E-state index contributed by atoms with van der Waals surface area (Å²) in [5.41, 5.74) is 0.391. The lowest BCUT2D eigenvalue weighted by atomic mass is 10.1. The Hall–Kier alpha value is -1.55. The summed E-state index contributed by atoms with van der Waals surface area (Å²) in [6, 6.07) is 4.62. The second-order valence-corrected chi connectivity index (χ2v) is 3.46. The molecule has 0 radical (unpaired) electrons. The quantitative estimate of drug-likeness (QED) is 0.599. The number of esters is 1. The lowest BCUT2D eigenvalue weighted by molar-refractivity contribution is -0.139. The number of halogens is 1. The Morgan fingerprint density at radius 3 is 2.62 bits per heavy atom. The van der Waals surface area contributed by atoms with Crippen molar-refractivity contribution in [3.63, 3.8) is 0 Å². The molecule has 0 saturated carbocycles. The van der Waals surface area contributed by atoms with Gasteiger partial charge < -0.3 is 9.47 Å². The van der Waals surface area contributed by atoms with Crippen LogP contribution in [0.25, 0.3) is 0 Å². The van der Waals surface area contributed by atoms with E-state index in [1.807, 2.05) is 0 Å².